The molecule has 0 aromatic rings. The van der Waals surface area contributed by atoms with E-state index >= 15 is 0 Å². The summed E-state index contributed by atoms with van der Waals surface area (Å²) in [5, 5.41) is 0. The zero-order valence-corrected chi connectivity index (χ0v) is 49.1. The summed E-state index contributed by atoms with van der Waals surface area (Å²) >= 11 is 0. The van der Waals surface area contributed by atoms with Crippen LogP contribution in [-0.4, -0.2) is 37.2 Å². The van der Waals surface area contributed by atoms with E-state index in [0.717, 1.165) is 77.0 Å². The highest BCUT2D eigenvalue weighted by atomic mass is 16.6. The summed E-state index contributed by atoms with van der Waals surface area (Å²) in [5.74, 6) is -0.890. The second kappa shape index (κ2) is 62.4. The molecule has 0 aliphatic heterocycles. The molecule has 0 spiro atoms. The van der Waals surface area contributed by atoms with Gasteiger partial charge in [0.25, 0.3) is 0 Å². The number of esters is 3. The number of carbonyl (C=O) groups is 3. The van der Waals surface area contributed by atoms with E-state index < -0.39 is 6.10 Å². The maximum Gasteiger partial charge on any atom is 0.306 e. The van der Waals surface area contributed by atoms with Gasteiger partial charge in [0.2, 0.25) is 0 Å². The van der Waals surface area contributed by atoms with Crippen molar-refractivity contribution in [3.05, 3.63) is 72.9 Å². The van der Waals surface area contributed by atoms with Gasteiger partial charge in [0.1, 0.15) is 13.2 Å². The molecule has 1 unspecified atom stereocenters. The maximum atomic E-state index is 12.9. The third kappa shape index (κ3) is 59.7. The summed E-state index contributed by atoms with van der Waals surface area (Å²) < 4.78 is 16.9. The van der Waals surface area contributed by atoms with E-state index in [4.69, 9.17) is 14.2 Å². The largest absolute Gasteiger partial charge is 0.462 e. The Bertz CT molecular complexity index is 1370. The van der Waals surface area contributed by atoms with Crippen molar-refractivity contribution in [3.8, 4) is 0 Å². The van der Waals surface area contributed by atoms with Crippen LogP contribution in [0.1, 0.15) is 323 Å². The number of unbranched alkanes of at least 4 members (excludes halogenated alkanes) is 38. The predicted octanol–water partition coefficient (Wildman–Crippen LogP) is 21.7. The average Bonchev–Trinajstić information content (AvgIpc) is 3.40. The number of hydrogen-bond acceptors (Lipinski definition) is 6. The molecule has 0 amide bonds. The van der Waals surface area contributed by atoms with E-state index in [0.29, 0.717) is 19.3 Å². The first kappa shape index (κ1) is 70.8. The lowest BCUT2D eigenvalue weighted by molar-refractivity contribution is -0.167. The molecule has 6 heteroatoms. The van der Waals surface area contributed by atoms with Gasteiger partial charge in [0.05, 0.1) is 0 Å². The van der Waals surface area contributed by atoms with E-state index in [-0.39, 0.29) is 31.1 Å². The molecular formula is C68H120O6. The number of allylic oxidation sites excluding steroid dienone is 12. The van der Waals surface area contributed by atoms with Crippen LogP contribution < -0.4 is 0 Å². The third-order valence-corrected chi connectivity index (χ3v) is 14.0. The van der Waals surface area contributed by atoms with Gasteiger partial charge < -0.3 is 14.2 Å². The first-order valence-electron chi connectivity index (χ1n) is 32.0. The molecule has 0 aliphatic rings. The van der Waals surface area contributed by atoms with Crippen LogP contribution >= 0.6 is 0 Å². The van der Waals surface area contributed by atoms with E-state index in [1.807, 2.05) is 0 Å². The molecule has 0 fully saturated rings. The number of rotatable bonds is 58. The third-order valence-electron chi connectivity index (χ3n) is 14.0. The molecule has 0 aliphatic carbocycles. The Hall–Kier alpha value is -3.15. The molecule has 0 heterocycles. The van der Waals surface area contributed by atoms with Crippen molar-refractivity contribution >= 4 is 17.9 Å². The fourth-order valence-electron chi connectivity index (χ4n) is 9.12. The lowest BCUT2D eigenvalue weighted by Crippen LogP contribution is -2.30. The van der Waals surface area contributed by atoms with Crippen LogP contribution in [0.25, 0.3) is 0 Å². The predicted molar refractivity (Wildman–Crippen MR) is 321 cm³/mol. The van der Waals surface area contributed by atoms with Gasteiger partial charge in [-0.25, -0.2) is 0 Å². The van der Waals surface area contributed by atoms with Gasteiger partial charge in [0.15, 0.2) is 6.10 Å². The molecule has 0 N–H and O–H groups in total. The molecule has 1 atom stereocenters. The molecule has 0 aromatic heterocycles. The summed E-state index contributed by atoms with van der Waals surface area (Å²) in [7, 11) is 0. The average molecular weight is 1030 g/mol. The second-order valence-corrected chi connectivity index (χ2v) is 21.4. The Morgan fingerprint density at radius 3 is 0.743 bits per heavy atom. The normalized spacial score (nSPS) is 12.5. The van der Waals surface area contributed by atoms with Gasteiger partial charge >= 0.3 is 17.9 Å². The van der Waals surface area contributed by atoms with Crippen LogP contribution in [0.3, 0.4) is 0 Å². The minimum atomic E-state index is -0.787. The quantitative estimate of drug-likeness (QED) is 0.0261. The highest BCUT2D eigenvalue weighted by Gasteiger charge is 2.19. The van der Waals surface area contributed by atoms with Crippen molar-refractivity contribution in [2.75, 3.05) is 13.2 Å². The van der Waals surface area contributed by atoms with Gasteiger partial charge in [-0.2, -0.15) is 0 Å². The molecule has 0 aromatic carbocycles. The minimum absolute atomic E-state index is 0.0824. The van der Waals surface area contributed by atoms with Crippen molar-refractivity contribution in [2.45, 2.75) is 329 Å². The molecule has 74 heavy (non-hydrogen) atoms. The van der Waals surface area contributed by atoms with Crippen molar-refractivity contribution in [1.82, 2.24) is 0 Å². The smallest absolute Gasteiger partial charge is 0.306 e. The van der Waals surface area contributed by atoms with E-state index in [9.17, 15) is 14.4 Å². The van der Waals surface area contributed by atoms with Gasteiger partial charge in [-0.3, -0.25) is 14.4 Å². The number of ether oxygens (including phenoxy) is 3. The second-order valence-electron chi connectivity index (χ2n) is 21.4. The minimum Gasteiger partial charge on any atom is -0.462 e. The lowest BCUT2D eigenvalue weighted by atomic mass is 10.1. The Labute approximate surface area is 459 Å². The Kier molecular flexibility index (Phi) is 59.7. The van der Waals surface area contributed by atoms with E-state index in [1.165, 1.54) is 205 Å². The van der Waals surface area contributed by atoms with Crippen molar-refractivity contribution < 1.29 is 28.6 Å². The van der Waals surface area contributed by atoms with E-state index in [2.05, 4.69) is 93.7 Å². The monoisotopic (exact) mass is 1030 g/mol. The van der Waals surface area contributed by atoms with Crippen molar-refractivity contribution in [3.63, 3.8) is 0 Å². The molecule has 0 bridgehead atoms. The summed E-state index contributed by atoms with van der Waals surface area (Å²) in [4.78, 5) is 38.3. The first-order valence-corrected chi connectivity index (χ1v) is 32.0. The summed E-state index contributed by atoms with van der Waals surface area (Å²) in [6.45, 7) is 6.60. The molecule has 0 radical (unpaired) electrons. The molecule has 0 saturated carbocycles. The van der Waals surface area contributed by atoms with Crippen LogP contribution in [0.2, 0.25) is 0 Å². The standard InChI is InChI=1S/C68H120O6/c1-4-7-10-13-16-19-22-25-28-31-34-37-40-43-46-49-52-55-58-61-67(70)73-64-65(63-72-66(69)60-57-54-51-48-45-42-39-36-33-30-27-24-21-18-15-12-9-6-3)74-68(71)62-59-56-53-50-47-44-41-38-35-32-29-26-23-20-17-14-11-8-5-2/h16-17,19-20,22-23,25-26,30,33,36,39,65H,4-15,18,21,24,27-29,31-32,34-35,37-38,40-64H2,1-3H3/b19-16-,20-17-,25-22-,26-23-,33-30-,39-36-. The zero-order valence-electron chi connectivity index (χ0n) is 49.1. The zero-order chi connectivity index (χ0) is 53.6. The Balaban J connectivity index is 4.40. The fraction of sp³-hybridized carbons (Fsp3) is 0.779. The van der Waals surface area contributed by atoms with Gasteiger partial charge in [0, 0.05) is 19.3 Å². The van der Waals surface area contributed by atoms with Crippen LogP contribution in [0.15, 0.2) is 72.9 Å². The van der Waals surface area contributed by atoms with Gasteiger partial charge in [-0.1, -0.05) is 280 Å². The highest BCUT2D eigenvalue weighted by Crippen LogP contribution is 2.16. The van der Waals surface area contributed by atoms with Crippen molar-refractivity contribution in [1.29, 1.82) is 0 Å². The molecule has 428 valence electrons. The fourth-order valence-corrected chi connectivity index (χ4v) is 9.12. The summed E-state index contributed by atoms with van der Waals surface area (Å²) in [5.41, 5.74) is 0. The van der Waals surface area contributed by atoms with Gasteiger partial charge in [-0.05, 0) is 96.3 Å². The Morgan fingerprint density at radius 1 is 0.270 bits per heavy atom. The van der Waals surface area contributed by atoms with Crippen LogP contribution in [0.5, 0.6) is 0 Å². The van der Waals surface area contributed by atoms with Crippen LogP contribution in [0, 0.1) is 0 Å². The Morgan fingerprint density at radius 2 is 0.473 bits per heavy atom. The van der Waals surface area contributed by atoms with E-state index in [1.54, 1.807) is 0 Å². The molecule has 0 saturated heterocycles. The molecule has 6 nitrogen and oxygen atoms in total. The SMILES string of the molecule is CCCCC/C=C\C=C/CCCCCCCCCCCCC(=O)OCC(COC(=O)CCCCCCC/C=C\C=C/CCCCCCCCC)OC(=O)CCCCCCCCCCCC/C=C\C=C/CCCCC. The lowest BCUT2D eigenvalue weighted by Gasteiger charge is -2.18. The highest BCUT2D eigenvalue weighted by molar-refractivity contribution is 5.71. The van der Waals surface area contributed by atoms with Gasteiger partial charge in [-0.15, -0.1) is 0 Å². The number of hydrogen-bond donors (Lipinski definition) is 0. The van der Waals surface area contributed by atoms with Crippen LogP contribution in [-0.2, 0) is 28.6 Å². The molecular weight excluding hydrogens is 913 g/mol. The summed E-state index contributed by atoms with van der Waals surface area (Å²) in [6.07, 6.45) is 80.3. The maximum absolute atomic E-state index is 12.9. The topological polar surface area (TPSA) is 78.9 Å². The number of carbonyl (C=O) groups excluding carboxylic acids is 3. The van der Waals surface area contributed by atoms with Crippen LogP contribution in [0.4, 0.5) is 0 Å². The van der Waals surface area contributed by atoms with Crippen molar-refractivity contribution in [2.24, 2.45) is 0 Å². The first-order chi connectivity index (χ1) is 36.5. The summed E-state index contributed by atoms with van der Waals surface area (Å²) in [6, 6.07) is 0. The molecule has 0 rings (SSSR count).